The largest absolute Gasteiger partial charge is 0.472 e. The molecule has 17 nitrogen and oxygen atoms in total. The maximum atomic E-state index is 13.0. The summed E-state index contributed by atoms with van der Waals surface area (Å²) in [6.45, 7) is 9.42. The van der Waals surface area contributed by atoms with Crippen LogP contribution in [0.5, 0.6) is 0 Å². The Hall–Kier alpha value is -1.94. The SMILES string of the molecule is CCCCCCCCCCC(=O)O[C@H](COC(=O)CCCCCCC)COP(=O)(O)OC[C@H](O)COP(=O)(O)OC[C@@H](COC(=O)CCCCCCCCCCCCC(C)CC)OC(=O)CCCCCCCCCCCCC(C)CC. The minimum Gasteiger partial charge on any atom is -0.462 e. The molecule has 7 atom stereocenters. The second kappa shape index (κ2) is 54.7. The molecule has 0 aliphatic rings. The first-order chi connectivity index (χ1) is 38.9. The molecule has 0 heterocycles. The lowest BCUT2D eigenvalue weighted by atomic mass is 9.99. The molecule has 0 fully saturated rings. The van der Waals surface area contributed by atoms with E-state index in [0.717, 1.165) is 115 Å². The van der Waals surface area contributed by atoms with Gasteiger partial charge in [0, 0.05) is 25.7 Å². The van der Waals surface area contributed by atoms with Gasteiger partial charge in [-0.05, 0) is 37.5 Å². The summed E-state index contributed by atoms with van der Waals surface area (Å²) in [6, 6.07) is 0. The molecule has 0 aromatic rings. The van der Waals surface area contributed by atoms with E-state index in [2.05, 4.69) is 41.5 Å². The lowest BCUT2D eigenvalue weighted by Crippen LogP contribution is -2.30. The number of esters is 4. The number of carbonyl (C=O) groups is 4. The van der Waals surface area contributed by atoms with Gasteiger partial charge in [0.25, 0.3) is 0 Å². The molecule has 0 aromatic heterocycles. The number of carbonyl (C=O) groups excluding carboxylic acids is 4. The van der Waals surface area contributed by atoms with E-state index in [0.29, 0.717) is 25.7 Å². The lowest BCUT2D eigenvalue weighted by Gasteiger charge is -2.21. The Morgan fingerprint density at radius 1 is 0.346 bits per heavy atom. The second-order valence-electron chi connectivity index (χ2n) is 22.9. The number of ether oxygens (including phenoxy) is 4. The van der Waals surface area contributed by atoms with E-state index in [-0.39, 0.29) is 25.7 Å². The highest BCUT2D eigenvalue weighted by molar-refractivity contribution is 7.47. The van der Waals surface area contributed by atoms with Crippen molar-refractivity contribution in [2.24, 2.45) is 11.8 Å². The van der Waals surface area contributed by atoms with Crippen molar-refractivity contribution in [3.63, 3.8) is 0 Å². The number of rotatable bonds is 61. The van der Waals surface area contributed by atoms with Gasteiger partial charge in [-0.2, -0.15) is 0 Å². The molecule has 4 unspecified atom stereocenters. The summed E-state index contributed by atoms with van der Waals surface area (Å²) in [5, 5.41) is 10.5. The highest BCUT2D eigenvalue weighted by atomic mass is 31.2. The average molecular weight is 1200 g/mol. The minimum absolute atomic E-state index is 0.104. The first-order valence-electron chi connectivity index (χ1n) is 32.6. The van der Waals surface area contributed by atoms with Crippen molar-refractivity contribution < 1.29 is 80.2 Å². The molecule has 0 aliphatic carbocycles. The van der Waals surface area contributed by atoms with Gasteiger partial charge in [0.05, 0.1) is 26.4 Å². The van der Waals surface area contributed by atoms with Crippen LogP contribution < -0.4 is 0 Å². The molecule has 81 heavy (non-hydrogen) atoms. The quantitative estimate of drug-likeness (QED) is 0.0222. The molecule has 0 spiro atoms. The van der Waals surface area contributed by atoms with Gasteiger partial charge in [-0.15, -0.1) is 0 Å². The number of phosphoric ester groups is 2. The van der Waals surface area contributed by atoms with Crippen molar-refractivity contribution in [1.82, 2.24) is 0 Å². The summed E-state index contributed by atoms with van der Waals surface area (Å²) < 4.78 is 67.7. The number of aliphatic hydroxyl groups is 1. The van der Waals surface area contributed by atoms with Gasteiger partial charge >= 0.3 is 39.5 Å². The normalized spacial score (nSPS) is 15.0. The number of hydrogen-bond acceptors (Lipinski definition) is 15. The molecule has 0 aromatic carbocycles. The van der Waals surface area contributed by atoms with Crippen LogP contribution in [0.4, 0.5) is 0 Å². The zero-order valence-corrected chi connectivity index (χ0v) is 53.9. The van der Waals surface area contributed by atoms with E-state index in [1.807, 2.05) is 0 Å². The van der Waals surface area contributed by atoms with Crippen molar-refractivity contribution in [3.8, 4) is 0 Å². The molecule has 0 bridgehead atoms. The van der Waals surface area contributed by atoms with Crippen molar-refractivity contribution in [2.45, 2.75) is 323 Å². The maximum Gasteiger partial charge on any atom is 0.472 e. The predicted octanol–water partition coefficient (Wildman–Crippen LogP) is 16.9. The fourth-order valence-electron chi connectivity index (χ4n) is 9.11. The van der Waals surface area contributed by atoms with E-state index in [4.69, 9.17) is 37.0 Å². The molecular weight excluding hydrogens is 1080 g/mol. The number of hydrogen-bond donors (Lipinski definition) is 3. The monoisotopic (exact) mass is 1200 g/mol. The average Bonchev–Trinajstić information content (AvgIpc) is 3.44. The third-order valence-electron chi connectivity index (χ3n) is 14.9. The van der Waals surface area contributed by atoms with Crippen LogP contribution in [0.25, 0.3) is 0 Å². The maximum absolute atomic E-state index is 13.0. The van der Waals surface area contributed by atoms with Crippen LogP contribution in [-0.4, -0.2) is 96.7 Å². The standard InChI is InChI=1S/C62H120O17P2/c1-7-11-13-15-16-27-34-40-46-61(66)78-57(50-72-59(64)44-38-30-14-12-8-2)52-76-80(68,69)74-48-56(63)49-75-81(70,71)77-53-58(79-62(67)47-41-35-29-24-20-18-22-26-32-37-43-55(6)10-4)51-73-60(65)45-39-33-28-23-19-17-21-25-31-36-42-54(5)9-3/h54-58,63H,7-53H2,1-6H3,(H,68,69)(H,70,71)/t54?,55?,56-,57+,58+/m0/s1. The third kappa shape index (κ3) is 54.5. The summed E-state index contributed by atoms with van der Waals surface area (Å²) in [5.41, 5.74) is 0. The van der Waals surface area contributed by atoms with Gasteiger partial charge in [-0.3, -0.25) is 37.3 Å². The van der Waals surface area contributed by atoms with E-state index in [9.17, 15) is 43.2 Å². The van der Waals surface area contributed by atoms with E-state index in [1.54, 1.807) is 0 Å². The van der Waals surface area contributed by atoms with Crippen LogP contribution >= 0.6 is 15.6 Å². The van der Waals surface area contributed by atoms with Gasteiger partial charge in [-0.1, -0.05) is 253 Å². The topological polar surface area (TPSA) is 237 Å². The minimum atomic E-state index is -4.94. The molecule has 480 valence electrons. The fraction of sp³-hybridized carbons (Fsp3) is 0.935. The molecule has 0 aliphatic heterocycles. The van der Waals surface area contributed by atoms with Crippen LogP contribution in [-0.2, 0) is 65.4 Å². The molecule has 0 radical (unpaired) electrons. The summed E-state index contributed by atoms with van der Waals surface area (Å²) in [4.78, 5) is 71.8. The third-order valence-corrected chi connectivity index (χ3v) is 16.8. The van der Waals surface area contributed by atoms with Crippen LogP contribution in [0.3, 0.4) is 0 Å². The molecule has 3 N–H and O–H groups in total. The number of aliphatic hydroxyl groups excluding tert-OH is 1. The predicted molar refractivity (Wildman–Crippen MR) is 321 cm³/mol. The van der Waals surface area contributed by atoms with Crippen molar-refractivity contribution in [3.05, 3.63) is 0 Å². The van der Waals surface area contributed by atoms with E-state index < -0.39 is 97.5 Å². The Morgan fingerprint density at radius 3 is 0.877 bits per heavy atom. The zero-order valence-electron chi connectivity index (χ0n) is 52.1. The molecule has 0 saturated carbocycles. The number of phosphoric acid groups is 2. The van der Waals surface area contributed by atoms with Crippen LogP contribution in [0.1, 0.15) is 305 Å². The molecule has 0 rings (SSSR count). The summed E-state index contributed by atoms with van der Waals surface area (Å²) in [6.07, 6.45) is 36.4. The Kier molecular flexibility index (Phi) is 53.4. The first-order valence-corrected chi connectivity index (χ1v) is 35.6. The molecular formula is C62H120O17P2. The Morgan fingerprint density at radius 2 is 0.593 bits per heavy atom. The summed E-state index contributed by atoms with van der Waals surface area (Å²) in [7, 11) is -9.87. The molecule has 19 heteroatoms. The molecule has 0 saturated heterocycles. The number of unbranched alkanes of at least 4 members (excludes halogenated alkanes) is 29. The molecule has 0 amide bonds. The highest BCUT2D eigenvalue weighted by Crippen LogP contribution is 2.45. The van der Waals surface area contributed by atoms with E-state index in [1.165, 1.54) is 109 Å². The van der Waals surface area contributed by atoms with Crippen molar-refractivity contribution in [2.75, 3.05) is 39.6 Å². The van der Waals surface area contributed by atoms with Crippen molar-refractivity contribution >= 4 is 39.5 Å². The van der Waals surface area contributed by atoms with Crippen LogP contribution in [0.2, 0.25) is 0 Å². The van der Waals surface area contributed by atoms with Gasteiger partial charge in [-0.25, -0.2) is 9.13 Å². The van der Waals surface area contributed by atoms with Crippen LogP contribution in [0.15, 0.2) is 0 Å². The fourth-order valence-corrected chi connectivity index (χ4v) is 10.7. The zero-order chi connectivity index (χ0) is 60.1. The highest BCUT2D eigenvalue weighted by Gasteiger charge is 2.30. The van der Waals surface area contributed by atoms with Crippen LogP contribution in [0, 0.1) is 11.8 Å². The summed E-state index contributed by atoms with van der Waals surface area (Å²) in [5.74, 6) is -0.537. The first kappa shape index (κ1) is 79.1. The summed E-state index contributed by atoms with van der Waals surface area (Å²) >= 11 is 0. The smallest absolute Gasteiger partial charge is 0.462 e. The van der Waals surface area contributed by atoms with Gasteiger partial charge in [0.1, 0.15) is 19.3 Å². The van der Waals surface area contributed by atoms with Gasteiger partial charge in [0.15, 0.2) is 12.2 Å². The van der Waals surface area contributed by atoms with Gasteiger partial charge < -0.3 is 33.8 Å². The Bertz CT molecular complexity index is 1600. The lowest BCUT2D eigenvalue weighted by molar-refractivity contribution is -0.161. The van der Waals surface area contributed by atoms with Crippen molar-refractivity contribution in [1.29, 1.82) is 0 Å². The Labute approximate surface area is 492 Å². The van der Waals surface area contributed by atoms with Gasteiger partial charge in [0.2, 0.25) is 0 Å². The second-order valence-corrected chi connectivity index (χ2v) is 25.8. The van der Waals surface area contributed by atoms with E-state index >= 15 is 0 Å². The Balaban J connectivity index is 5.18.